The van der Waals surface area contributed by atoms with E-state index in [4.69, 9.17) is 5.73 Å². The molecule has 0 spiro atoms. The molecule has 0 bridgehead atoms. The van der Waals surface area contributed by atoms with Crippen molar-refractivity contribution in [3.63, 3.8) is 0 Å². The summed E-state index contributed by atoms with van der Waals surface area (Å²) in [4.78, 5) is 2.63. The molecule has 0 aliphatic heterocycles. The Hall–Kier alpha value is -0.0800. The molecule has 3 unspecified atom stereocenters. The van der Waals surface area contributed by atoms with E-state index in [1.807, 2.05) is 0 Å². The maximum absolute atomic E-state index is 5.72. The maximum Gasteiger partial charge on any atom is 0.0118 e. The summed E-state index contributed by atoms with van der Waals surface area (Å²) in [6.45, 7) is 6.87. The van der Waals surface area contributed by atoms with Crippen LogP contribution in [-0.4, -0.2) is 31.1 Å². The third-order valence-electron chi connectivity index (χ3n) is 5.03. The van der Waals surface area contributed by atoms with E-state index in [-0.39, 0.29) is 0 Å². The van der Waals surface area contributed by atoms with E-state index in [0.29, 0.717) is 0 Å². The molecule has 3 atom stereocenters. The van der Waals surface area contributed by atoms with Gasteiger partial charge in [0.25, 0.3) is 0 Å². The van der Waals surface area contributed by atoms with Gasteiger partial charge in [0.15, 0.2) is 0 Å². The molecule has 1 rings (SSSR count). The van der Waals surface area contributed by atoms with Crippen molar-refractivity contribution in [1.82, 2.24) is 4.90 Å². The molecule has 2 heteroatoms. The van der Waals surface area contributed by atoms with Crippen molar-refractivity contribution in [2.75, 3.05) is 20.1 Å². The molecule has 1 aliphatic rings. The molecule has 1 aliphatic carbocycles. The summed E-state index contributed by atoms with van der Waals surface area (Å²) in [5, 5.41) is 0. The fourth-order valence-electron chi connectivity index (χ4n) is 3.82. The molecule has 114 valence electrons. The summed E-state index contributed by atoms with van der Waals surface area (Å²) < 4.78 is 0. The zero-order valence-electron chi connectivity index (χ0n) is 13.5. The van der Waals surface area contributed by atoms with Gasteiger partial charge in [-0.3, -0.25) is 0 Å². The Bertz CT molecular complexity index is 211. The first-order valence-electron chi connectivity index (χ1n) is 8.59. The lowest BCUT2D eigenvalue weighted by Gasteiger charge is -2.36. The van der Waals surface area contributed by atoms with Crippen LogP contribution in [0.2, 0.25) is 0 Å². The fraction of sp³-hybridized carbons (Fsp3) is 1.00. The molecule has 19 heavy (non-hydrogen) atoms. The summed E-state index contributed by atoms with van der Waals surface area (Å²) in [7, 11) is 2.34. The van der Waals surface area contributed by atoms with Gasteiger partial charge in [-0.05, 0) is 64.1 Å². The van der Waals surface area contributed by atoms with Gasteiger partial charge in [0.2, 0.25) is 0 Å². The highest BCUT2D eigenvalue weighted by molar-refractivity contribution is 4.79. The van der Waals surface area contributed by atoms with Gasteiger partial charge in [0.05, 0.1) is 0 Å². The van der Waals surface area contributed by atoms with E-state index in [0.717, 1.165) is 24.4 Å². The first kappa shape index (κ1) is 17.0. The molecule has 0 aromatic heterocycles. The van der Waals surface area contributed by atoms with Crippen LogP contribution in [0, 0.1) is 11.8 Å². The first-order chi connectivity index (χ1) is 9.19. The lowest BCUT2D eigenvalue weighted by molar-refractivity contribution is 0.135. The average molecular weight is 268 g/mol. The van der Waals surface area contributed by atoms with Crippen molar-refractivity contribution >= 4 is 0 Å². The Balaban J connectivity index is 2.22. The Morgan fingerprint density at radius 2 is 1.89 bits per heavy atom. The van der Waals surface area contributed by atoms with Crippen molar-refractivity contribution in [2.24, 2.45) is 17.6 Å². The molecule has 1 saturated carbocycles. The Morgan fingerprint density at radius 1 is 1.16 bits per heavy atom. The van der Waals surface area contributed by atoms with Gasteiger partial charge in [-0.15, -0.1) is 0 Å². The van der Waals surface area contributed by atoms with Gasteiger partial charge in [0.1, 0.15) is 0 Å². The number of nitrogens with two attached hydrogens (primary N) is 1. The van der Waals surface area contributed by atoms with E-state index in [1.54, 1.807) is 0 Å². The molecule has 0 aromatic carbocycles. The van der Waals surface area contributed by atoms with Crippen molar-refractivity contribution in [3.8, 4) is 0 Å². The van der Waals surface area contributed by atoms with Crippen molar-refractivity contribution in [2.45, 2.75) is 77.7 Å². The largest absolute Gasteiger partial charge is 0.330 e. The summed E-state index contributed by atoms with van der Waals surface area (Å²) in [6, 6.07) is 0.841. The minimum absolute atomic E-state index is 0.841. The predicted molar refractivity (Wildman–Crippen MR) is 85.4 cm³/mol. The van der Waals surface area contributed by atoms with E-state index in [9.17, 15) is 0 Å². The SMILES string of the molecule is CCCC(CCN)CCCN(C)C1CCCCC1C. The van der Waals surface area contributed by atoms with Crippen LogP contribution < -0.4 is 5.73 Å². The van der Waals surface area contributed by atoms with Crippen LogP contribution in [0.25, 0.3) is 0 Å². The standard InChI is InChI=1S/C17H36N2/c1-4-8-16(12-13-18)10-7-14-19(3)17-11-6-5-9-15(17)2/h15-17H,4-14,18H2,1-3H3. The van der Waals surface area contributed by atoms with Gasteiger partial charge < -0.3 is 10.6 Å². The van der Waals surface area contributed by atoms with E-state index in [2.05, 4.69) is 25.8 Å². The summed E-state index contributed by atoms with van der Waals surface area (Å²) >= 11 is 0. The third-order valence-corrected chi connectivity index (χ3v) is 5.03. The number of rotatable bonds is 9. The second-order valence-corrected chi connectivity index (χ2v) is 6.68. The Labute approximate surface area is 121 Å². The monoisotopic (exact) mass is 268 g/mol. The quantitative estimate of drug-likeness (QED) is 0.684. The van der Waals surface area contributed by atoms with Crippen LogP contribution in [-0.2, 0) is 0 Å². The smallest absolute Gasteiger partial charge is 0.0118 e. The first-order valence-corrected chi connectivity index (χ1v) is 8.59. The Morgan fingerprint density at radius 3 is 2.53 bits per heavy atom. The van der Waals surface area contributed by atoms with Crippen LogP contribution in [0.15, 0.2) is 0 Å². The highest BCUT2D eigenvalue weighted by Crippen LogP contribution is 2.27. The van der Waals surface area contributed by atoms with Gasteiger partial charge in [-0.2, -0.15) is 0 Å². The van der Waals surface area contributed by atoms with Gasteiger partial charge in [-0.25, -0.2) is 0 Å². The second kappa shape index (κ2) is 9.77. The van der Waals surface area contributed by atoms with Crippen LogP contribution in [0.1, 0.15) is 71.6 Å². The van der Waals surface area contributed by atoms with Crippen LogP contribution in [0.4, 0.5) is 0 Å². The predicted octanol–water partition coefficient (Wildman–Crippen LogP) is 4.04. The summed E-state index contributed by atoms with van der Waals surface area (Å²) in [6.07, 6.45) is 12.3. The lowest BCUT2D eigenvalue weighted by Crippen LogP contribution is -2.39. The molecule has 0 saturated heterocycles. The molecule has 0 aromatic rings. The topological polar surface area (TPSA) is 29.3 Å². The summed E-state index contributed by atoms with van der Waals surface area (Å²) in [5.41, 5.74) is 5.72. The highest BCUT2D eigenvalue weighted by atomic mass is 15.1. The van der Waals surface area contributed by atoms with Crippen LogP contribution in [0.5, 0.6) is 0 Å². The molecule has 0 radical (unpaired) electrons. The normalized spacial score (nSPS) is 25.7. The van der Waals surface area contributed by atoms with Gasteiger partial charge >= 0.3 is 0 Å². The molecular formula is C17H36N2. The van der Waals surface area contributed by atoms with Crippen molar-refractivity contribution < 1.29 is 0 Å². The van der Waals surface area contributed by atoms with Gasteiger partial charge in [0, 0.05) is 6.04 Å². The number of nitrogens with zero attached hydrogens (tertiary/aromatic N) is 1. The van der Waals surface area contributed by atoms with Crippen molar-refractivity contribution in [1.29, 1.82) is 0 Å². The van der Waals surface area contributed by atoms with Crippen LogP contribution >= 0.6 is 0 Å². The molecule has 0 amide bonds. The minimum Gasteiger partial charge on any atom is -0.330 e. The van der Waals surface area contributed by atoms with E-state index >= 15 is 0 Å². The lowest BCUT2D eigenvalue weighted by atomic mass is 9.85. The Kier molecular flexibility index (Phi) is 8.72. The molecule has 2 nitrogen and oxygen atoms in total. The van der Waals surface area contributed by atoms with E-state index < -0.39 is 0 Å². The number of hydrogen-bond donors (Lipinski definition) is 1. The summed E-state index contributed by atoms with van der Waals surface area (Å²) in [5.74, 6) is 1.77. The van der Waals surface area contributed by atoms with Gasteiger partial charge in [-0.1, -0.05) is 39.5 Å². The molecular weight excluding hydrogens is 232 g/mol. The molecule has 0 heterocycles. The zero-order valence-corrected chi connectivity index (χ0v) is 13.5. The average Bonchev–Trinajstić information content (AvgIpc) is 2.39. The highest BCUT2D eigenvalue weighted by Gasteiger charge is 2.24. The number of hydrogen-bond acceptors (Lipinski definition) is 2. The van der Waals surface area contributed by atoms with Crippen LogP contribution in [0.3, 0.4) is 0 Å². The van der Waals surface area contributed by atoms with E-state index in [1.165, 1.54) is 64.3 Å². The maximum atomic E-state index is 5.72. The molecule has 2 N–H and O–H groups in total. The zero-order chi connectivity index (χ0) is 14.1. The van der Waals surface area contributed by atoms with Crippen molar-refractivity contribution in [3.05, 3.63) is 0 Å². The fourth-order valence-corrected chi connectivity index (χ4v) is 3.82. The second-order valence-electron chi connectivity index (χ2n) is 6.68. The third kappa shape index (κ3) is 6.27. The molecule has 1 fully saturated rings. The minimum atomic E-state index is 0.841.